The molecule has 0 saturated carbocycles. The fourth-order valence-corrected chi connectivity index (χ4v) is 4.16. The highest BCUT2D eigenvalue weighted by Crippen LogP contribution is 2.42. The van der Waals surface area contributed by atoms with E-state index in [1.54, 1.807) is 7.11 Å². The van der Waals surface area contributed by atoms with Gasteiger partial charge in [-0.05, 0) is 37.1 Å². The zero-order valence-corrected chi connectivity index (χ0v) is 18.8. The van der Waals surface area contributed by atoms with E-state index in [2.05, 4.69) is 0 Å². The Kier molecular flexibility index (Phi) is 7.45. The summed E-state index contributed by atoms with van der Waals surface area (Å²) in [5.41, 5.74) is 2.09. The number of ether oxygens (including phenoxy) is 6. The van der Waals surface area contributed by atoms with Gasteiger partial charge in [0.2, 0.25) is 0 Å². The molecular weight excluding hydrogens is 412 g/mol. The second-order valence-corrected chi connectivity index (χ2v) is 8.66. The number of aliphatic hydroxyl groups excluding tert-OH is 1. The van der Waals surface area contributed by atoms with Gasteiger partial charge in [-0.1, -0.05) is 42.5 Å². The Morgan fingerprint density at radius 2 is 1.62 bits per heavy atom. The Hall–Kier alpha value is -2.00. The fourth-order valence-electron chi connectivity index (χ4n) is 4.16. The molecule has 0 unspecified atom stereocenters. The molecule has 4 rings (SSSR count). The molecule has 1 N–H and O–H groups in total. The van der Waals surface area contributed by atoms with E-state index < -0.39 is 24.3 Å². The van der Waals surface area contributed by atoms with E-state index in [-0.39, 0.29) is 18.6 Å². The molecule has 0 aliphatic carbocycles. The number of rotatable bonds is 10. The molecule has 2 aliphatic rings. The number of benzene rings is 2. The molecule has 7 heteroatoms. The maximum Gasteiger partial charge on any atom is 0.188 e. The zero-order chi connectivity index (χ0) is 22.6. The lowest BCUT2D eigenvalue weighted by molar-refractivity contribution is -0.225. The first-order valence-corrected chi connectivity index (χ1v) is 11.0. The maximum atomic E-state index is 10.8. The molecule has 2 aliphatic heterocycles. The van der Waals surface area contributed by atoms with Crippen molar-refractivity contribution in [3.63, 3.8) is 0 Å². The lowest BCUT2D eigenvalue weighted by Gasteiger charge is -2.28. The van der Waals surface area contributed by atoms with Crippen LogP contribution < -0.4 is 4.74 Å². The summed E-state index contributed by atoms with van der Waals surface area (Å²) in [6.07, 6.45) is -2.18. The number of methoxy groups -OCH3 is 1. The van der Waals surface area contributed by atoms with E-state index in [4.69, 9.17) is 28.4 Å². The molecule has 5 atom stereocenters. The minimum atomic E-state index is -0.834. The minimum absolute atomic E-state index is 0.134. The van der Waals surface area contributed by atoms with E-state index in [0.717, 1.165) is 16.9 Å². The summed E-state index contributed by atoms with van der Waals surface area (Å²) in [7, 11) is 1.63. The van der Waals surface area contributed by atoms with Gasteiger partial charge in [-0.3, -0.25) is 0 Å². The summed E-state index contributed by atoms with van der Waals surface area (Å²) in [6.45, 7) is 5.11. The van der Waals surface area contributed by atoms with Crippen LogP contribution >= 0.6 is 0 Å². The van der Waals surface area contributed by atoms with E-state index in [1.165, 1.54) is 0 Å². The summed E-state index contributed by atoms with van der Waals surface area (Å²) in [5.74, 6) is -0.112. The molecule has 32 heavy (non-hydrogen) atoms. The van der Waals surface area contributed by atoms with Gasteiger partial charge in [0, 0.05) is 5.92 Å². The first kappa shape index (κ1) is 23.2. The monoisotopic (exact) mass is 444 g/mol. The van der Waals surface area contributed by atoms with Gasteiger partial charge >= 0.3 is 0 Å². The van der Waals surface area contributed by atoms with Crippen LogP contribution in [-0.4, -0.2) is 55.8 Å². The summed E-state index contributed by atoms with van der Waals surface area (Å²) in [4.78, 5) is 0. The molecule has 0 spiro atoms. The third kappa shape index (κ3) is 5.67. The van der Waals surface area contributed by atoms with E-state index in [1.807, 2.05) is 68.4 Å². The van der Waals surface area contributed by atoms with Crippen molar-refractivity contribution < 1.29 is 33.5 Å². The van der Waals surface area contributed by atoms with Crippen LogP contribution in [0.1, 0.15) is 25.0 Å². The number of aliphatic hydroxyl groups is 1. The van der Waals surface area contributed by atoms with Gasteiger partial charge in [0.05, 0.1) is 39.6 Å². The van der Waals surface area contributed by atoms with Gasteiger partial charge in [0.25, 0.3) is 0 Å². The van der Waals surface area contributed by atoms with Crippen molar-refractivity contribution in [3.8, 4) is 5.75 Å². The summed E-state index contributed by atoms with van der Waals surface area (Å²) in [5, 5.41) is 10.8. The predicted molar refractivity (Wildman–Crippen MR) is 117 cm³/mol. The molecule has 2 aromatic rings. The van der Waals surface area contributed by atoms with Crippen molar-refractivity contribution in [1.29, 1.82) is 0 Å². The van der Waals surface area contributed by atoms with Crippen LogP contribution in [0.4, 0.5) is 0 Å². The lowest BCUT2D eigenvalue weighted by atomic mass is 9.95. The van der Waals surface area contributed by atoms with Crippen LogP contribution in [0.3, 0.4) is 0 Å². The number of hydrogen-bond acceptors (Lipinski definition) is 7. The average Bonchev–Trinajstić information content (AvgIpc) is 3.27. The van der Waals surface area contributed by atoms with E-state index in [0.29, 0.717) is 19.8 Å². The fraction of sp³-hybridized carbons (Fsp3) is 0.520. The van der Waals surface area contributed by atoms with Crippen LogP contribution in [0, 0.1) is 5.92 Å². The Morgan fingerprint density at radius 1 is 0.938 bits per heavy atom. The lowest BCUT2D eigenvalue weighted by Crippen LogP contribution is -2.41. The molecule has 0 bridgehead atoms. The first-order valence-electron chi connectivity index (χ1n) is 11.0. The Labute approximate surface area is 189 Å². The highest BCUT2D eigenvalue weighted by Gasteiger charge is 2.56. The van der Waals surface area contributed by atoms with Crippen LogP contribution in [-0.2, 0) is 36.9 Å². The topological polar surface area (TPSA) is 75.6 Å². The van der Waals surface area contributed by atoms with E-state index >= 15 is 0 Å². The number of hydrogen-bond donors (Lipinski definition) is 1. The molecule has 0 amide bonds. The van der Waals surface area contributed by atoms with Crippen molar-refractivity contribution >= 4 is 0 Å². The zero-order valence-electron chi connectivity index (χ0n) is 18.8. The summed E-state index contributed by atoms with van der Waals surface area (Å²) < 4.78 is 34.9. The van der Waals surface area contributed by atoms with Crippen LogP contribution in [0.25, 0.3) is 0 Å². The highest BCUT2D eigenvalue weighted by molar-refractivity contribution is 5.26. The number of fused-ring (bicyclic) bond motifs is 1. The Bertz CT molecular complexity index is 839. The molecular formula is C25H32O7. The highest BCUT2D eigenvalue weighted by atomic mass is 16.8. The molecule has 0 aromatic heterocycles. The molecule has 2 fully saturated rings. The standard InChI is InChI=1S/C25H32O7/c1-25(2)31-23-20(15-28-13-17-7-5-4-6-8-17)22(30-24(23)32-25)21(26)16-29-14-18-9-11-19(27-3)12-10-18/h4-12,20-24,26H,13-16H2,1-3H3/t20-,21-,22-,23-,24-/m1/s1. The minimum Gasteiger partial charge on any atom is -0.497 e. The summed E-state index contributed by atoms with van der Waals surface area (Å²) >= 11 is 0. The third-order valence-electron chi connectivity index (χ3n) is 5.74. The summed E-state index contributed by atoms with van der Waals surface area (Å²) in [6, 6.07) is 17.6. The van der Waals surface area contributed by atoms with Crippen molar-refractivity contribution in [2.75, 3.05) is 20.3 Å². The van der Waals surface area contributed by atoms with Gasteiger partial charge in [-0.15, -0.1) is 0 Å². The largest absolute Gasteiger partial charge is 0.497 e. The molecule has 2 heterocycles. The van der Waals surface area contributed by atoms with Crippen LogP contribution in [0.2, 0.25) is 0 Å². The first-order chi connectivity index (χ1) is 15.4. The average molecular weight is 445 g/mol. The second kappa shape index (κ2) is 10.3. The predicted octanol–water partition coefficient (Wildman–Crippen LogP) is 3.28. The van der Waals surface area contributed by atoms with Gasteiger partial charge in [0.1, 0.15) is 18.0 Å². The van der Waals surface area contributed by atoms with E-state index in [9.17, 15) is 5.11 Å². The third-order valence-corrected chi connectivity index (χ3v) is 5.74. The SMILES string of the molecule is COc1ccc(COC[C@@H](O)[C@@H]2O[C@@H]3OC(C)(C)O[C@@H]3[C@@H]2COCc2ccccc2)cc1. The van der Waals surface area contributed by atoms with Gasteiger partial charge < -0.3 is 33.5 Å². The van der Waals surface area contributed by atoms with Gasteiger partial charge in [-0.2, -0.15) is 0 Å². The van der Waals surface area contributed by atoms with Crippen molar-refractivity contribution in [3.05, 3.63) is 65.7 Å². The van der Waals surface area contributed by atoms with Crippen molar-refractivity contribution in [2.24, 2.45) is 5.92 Å². The molecule has 2 aromatic carbocycles. The molecule has 7 nitrogen and oxygen atoms in total. The van der Waals surface area contributed by atoms with Crippen molar-refractivity contribution in [2.45, 2.75) is 57.5 Å². The quantitative estimate of drug-likeness (QED) is 0.603. The Morgan fingerprint density at radius 3 is 2.34 bits per heavy atom. The molecule has 174 valence electrons. The molecule has 2 saturated heterocycles. The van der Waals surface area contributed by atoms with Crippen LogP contribution in [0.5, 0.6) is 5.75 Å². The second-order valence-electron chi connectivity index (χ2n) is 8.66. The van der Waals surface area contributed by atoms with Crippen molar-refractivity contribution in [1.82, 2.24) is 0 Å². The smallest absolute Gasteiger partial charge is 0.188 e. The van der Waals surface area contributed by atoms with Crippen LogP contribution in [0.15, 0.2) is 54.6 Å². The maximum absolute atomic E-state index is 10.8. The van der Waals surface area contributed by atoms with Gasteiger partial charge in [0.15, 0.2) is 12.1 Å². The molecule has 0 radical (unpaired) electrons. The Balaban J connectivity index is 1.33. The van der Waals surface area contributed by atoms with Gasteiger partial charge in [-0.25, -0.2) is 0 Å². The normalized spacial score (nSPS) is 27.2.